The van der Waals surface area contributed by atoms with Crippen molar-refractivity contribution in [3.05, 3.63) is 64.4 Å². The van der Waals surface area contributed by atoms with Crippen molar-refractivity contribution in [1.29, 1.82) is 0 Å². The zero-order valence-electron chi connectivity index (χ0n) is 17.8. The molecule has 0 radical (unpaired) electrons. The zero-order chi connectivity index (χ0) is 22.2. The molecule has 2 aromatic rings. The first-order valence-electron chi connectivity index (χ1n) is 10.7. The quantitative estimate of drug-likeness (QED) is 0.529. The zero-order valence-corrected chi connectivity index (χ0v) is 18.5. The Morgan fingerprint density at radius 1 is 1.03 bits per heavy atom. The molecule has 0 saturated carbocycles. The van der Waals surface area contributed by atoms with Crippen molar-refractivity contribution in [3.63, 3.8) is 0 Å². The van der Waals surface area contributed by atoms with Gasteiger partial charge in [0.1, 0.15) is 11.6 Å². The molecule has 1 aliphatic rings. The highest BCUT2D eigenvalue weighted by Crippen LogP contribution is 2.20. The minimum atomic E-state index is -0.474. The fourth-order valence-electron chi connectivity index (χ4n) is 3.68. The van der Waals surface area contributed by atoms with Gasteiger partial charge in [-0.3, -0.25) is 14.5 Å². The van der Waals surface area contributed by atoms with Crippen LogP contribution in [-0.2, 0) is 11.3 Å². The third kappa shape index (κ3) is 6.77. The second kappa shape index (κ2) is 11.3. The molecule has 1 heterocycles. The second-order valence-electron chi connectivity index (χ2n) is 7.63. The van der Waals surface area contributed by atoms with Crippen LogP contribution in [0, 0.1) is 5.82 Å². The van der Waals surface area contributed by atoms with Gasteiger partial charge in [0, 0.05) is 51.1 Å². The van der Waals surface area contributed by atoms with E-state index in [1.54, 1.807) is 0 Å². The molecular weight excluding hydrogens is 419 g/mol. The van der Waals surface area contributed by atoms with Gasteiger partial charge in [0.25, 0.3) is 0 Å². The molecule has 7 heteroatoms. The lowest BCUT2D eigenvalue weighted by Crippen LogP contribution is -2.48. The number of nitrogens with zero attached hydrogens (tertiary/aromatic N) is 2. The first-order chi connectivity index (χ1) is 15.0. The van der Waals surface area contributed by atoms with E-state index in [0.717, 1.165) is 31.5 Å². The Hall–Kier alpha value is -2.44. The van der Waals surface area contributed by atoms with Gasteiger partial charge in [-0.15, -0.1) is 0 Å². The lowest BCUT2D eigenvalue weighted by atomic mass is 10.0. The average molecular weight is 447 g/mol. The predicted octanol–water partition coefficient (Wildman–Crippen LogP) is 4.58. The van der Waals surface area contributed by atoms with Crippen molar-refractivity contribution in [2.75, 3.05) is 32.8 Å². The van der Waals surface area contributed by atoms with Crippen LogP contribution in [-0.4, -0.2) is 54.3 Å². The van der Waals surface area contributed by atoms with Gasteiger partial charge in [-0.25, -0.2) is 4.39 Å². The number of carbonyl (C=O) groups is 2. The number of rotatable bonds is 9. The number of piperazine rings is 1. The van der Waals surface area contributed by atoms with Crippen LogP contribution in [0.15, 0.2) is 42.5 Å². The van der Waals surface area contributed by atoms with E-state index in [4.69, 9.17) is 16.3 Å². The number of Topliss-reactive ketones (excluding diaryl/α,β-unsaturated/α-hetero) is 1. The van der Waals surface area contributed by atoms with Crippen molar-refractivity contribution in [2.24, 2.45) is 0 Å². The highest BCUT2D eigenvalue weighted by atomic mass is 35.5. The van der Waals surface area contributed by atoms with E-state index >= 15 is 0 Å². The molecule has 2 aromatic carbocycles. The maximum Gasteiger partial charge on any atom is 0.222 e. The minimum absolute atomic E-state index is 0.0683. The first kappa shape index (κ1) is 23.2. The van der Waals surface area contributed by atoms with E-state index in [1.807, 2.05) is 24.0 Å². The fourth-order valence-corrected chi connectivity index (χ4v) is 3.95. The summed E-state index contributed by atoms with van der Waals surface area (Å²) in [4.78, 5) is 29.0. The predicted molar refractivity (Wildman–Crippen MR) is 119 cm³/mol. The largest absolute Gasteiger partial charge is 0.494 e. The van der Waals surface area contributed by atoms with Crippen molar-refractivity contribution >= 4 is 23.3 Å². The summed E-state index contributed by atoms with van der Waals surface area (Å²) in [6.07, 6.45) is 0.996. The van der Waals surface area contributed by atoms with E-state index in [2.05, 4.69) is 17.0 Å². The van der Waals surface area contributed by atoms with Crippen LogP contribution in [0.4, 0.5) is 4.39 Å². The minimum Gasteiger partial charge on any atom is -0.494 e. The standard InChI is InChI=1S/C24H28ClFN2O3/c1-2-31-20-9-6-18(7-10-20)17-27-12-14-28(15-13-27)24(30)5-3-4-23(29)21-11-8-19(26)16-22(21)25/h6-11,16H,2-5,12-15,17H2,1H3. The number of halogens is 2. The van der Waals surface area contributed by atoms with E-state index in [1.165, 1.54) is 17.7 Å². The third-order valence-corrected chi connectivity index (χ3v) is 5.70. The summed E-state index contributed by atoms with van der Waals surface area (Å²) in [6.45, 7) is 6.49. The normalized spacial score (nSPS) is 14.5. The number of carbonyl (C=O) groups excluding carboxylic acids is 2. The van der Waals surface area contributed by atoms with E-state index < -0.39 is 5.82 Å². The maximum absolute atomic E-state index is 13.1. The molecule has 3 rings (SSSR count). The topological polar surface area (TPSA) is 49.9 Å². The summed E-state index contributed by atoms with van der Waals surface area (Å²) in [5.41, 5.74) is 1.53. The maximum atomic E-state index is 13.1. The van der Waals surface area contributed by atoms with Crippen molar-refractivity contribution in [2.45, 2.75) is 32.7 Å². The summed E-state index contributed by atoms with van der Waals surface area (Å²) >= 11 is 5.93. The summed E-state index contributed by atoms with van der Waals surface area (Å²) in [6, 6.07) is 11.9. The van der Waals surface area contributed by atoms with Gasteiger partial charge >= 0.3 is 0 Å². The number of benzene rings is 2. The van der Waals surface area contributed by atoms with Crippen LogP contribution in [0.1, 0.15) is 42.1 Å². The molecule has 166 valence electrons. The molecule has 0 atom stereocenters. The molecule has 0 spiro atoms. The highest BCUT2D eigenvalue weighted by molar-refractivity contribution is 6.33. The van der Waals surface area contributed by atoms with Crippen molar-refractivity contribution in [1.82, 2.24) is 9.80 Å². The molecule has 0 bridgehead atoms. The Morgan fingerprint density at radius 2 is 1.74 bits per heavy atom. The highest BCUT2D eigenvalue weighted by Gasteiger charge is 2.21. The van der Waals surface area contributed by atoms with Gasteiger partial charge in [0.15, 0.2) is 5.78 Å². The Bertz CT molecular complexity index is 896. The summed E-state index contributed by atoms with van der Waals surface area (Å²) in [5.74, 6) is 0.303. The van der Waals surface area contributed by atoms with E-state index in [-0.39, 0.29) is 23.1 Å². The smallest absolute Gasteiger partial charge is 0.222 e. The molecule has 1 saturated heterocycles. The molecule has 0 aromatic heterocycles. The molecule has 31 heavy (non-hydrogen) atoms. The molecule has 0 unspecified atom stereocenters. The molecular formula is C24H28ClFN2O3. The number of amides is 1. The lowest BCUT2D eigenvalue weighted by Gasteiger charge is -2.34. The number of ketones is 1. The van der Waals surface area contributed by atoms with Crippen LogP contribution in [0.3, 0.4) is 0 Å². The SMILES string of the molecule is CCOc1ccc(CN2CCN(C(=O)CCCC(=O)c3ccc(F)cc3Cl)CC2)cc1. The third-order valence-electron chi connectivity index (χ3n) is 5.39. The van der Waals surface area contributed by atoms with Crippen LogP contribution < -0.4 is 4.74 Å². The summed E-state index contributed by atoms with van der Waals surface area (Å²) in [7, 11) is 0. The molecule has 1 aliphatic heterocycles. The molecule has 5 nitrogen and oxygen atoms in total. The van der Waals surface area contributed by atoms with Gasteiger partial charge < -0.3 is 9.64 Å². The Kier molecular flexibility index (Phi) is 8.43. The molecule has 0 aliphatic carbocycles. The number of hydrogen-bond acceptors (Lipinski definition) is 4. The van der Waals surface area contributed by atoms with Gasteiger partial charge in [-0.05, 0) is 49.2 Å². The second-order valence-corrected chi connectivity index (χ2v) is 8.04. The van der Waals surface area contributed by atoms with Crippen LogP contribution >= 0.6 is 11.6 Å². The van der Waals surface area contributed by atoms with Crippen LogP contribution in [0.2, 0.25) is 5.02 Å². The monoisotopic (exact) mass is 446 g/mol. The van der Waals surface area contributed by atoms with Crippen LogP contribution in [0.5, 0.6) is 5.75 Å². The van der Waals surface area contributed by atoms with Crippen molar-refractivity contribution < 1.29 is 18.7 Å². The van der Waals surface area contributed by atoms with Gasteiger partial charge in [-0.2, -0.15) is 0 Å². The lowest BCUT2D eigenvalue weighted by molar-refractivity contribution is -0.133. The Labute approximate surface area is 187 Å². The van der Waals surface area contributed by atoms with E-state index in [0.29, 0.717) is 38.1 Å². The first-order valence-corrected chi connectivity index (χ1v) is 11.0. The molecule has 1 amide bonds. The van der Waals surface area contributed by atoms with Gasteiger partial charge in [0.05, 0.1) is 11.6 Å². The Morgan fingerprint density at radius 3 is 2.39 bits per heavy atom. The summed E-state index contributed by atoms with van der Waals surface area (Å²) < 4.78 is 18.6. The number of ether oxygens (including phenoxy) is 1. The Balaban J connectivity index is 1.38. The van der Waals surface area contributed by atoms with Gasteiger partial charge in [-0.1, -0.05) is 23.7 Å². The molecule has 0 N–H and O–H groups in total. The summed E-state index contributed by atoms with van der Waals surface area (Å²) in [5, 5.41) is 0.111. The number of hydrogen-bond donors (Lipinski definition) is 0. The molecule has 1 fully saturated rings. The fraction of sp³-hybridized carbons (Fsp3) is 0.417. The van der Waals surface area contributed by atoms with Crippen molar-refractivity contribution in [3.8, 4) is 5.75 Å². The van der Waals surface area contributed by atoms with Gasteiger partial charge in [0.2, 0.25) is 5.91 Å². The average Bonchev–Trinajstić information content (AvgIpc) is 2.75. The van der Waals surface area contributed by atoms with Crippen LogP contribution in [0.25, 0.3) is 0 Å². The van der Waals surface area contributed by atoms with E-state index in [9.17, 15) is 14.0 Å².